The lowest BCUT2D eigenvalue weighted by Crippen LogP contribution is -1.94. The molecule has 120 valence electrons. The van der Waals surface area contributed by atoms with Gasteiger partial charge in [0.25, 0.3) is 0 Å². The Kier molecular flexibility index (Phi) is 4.09. The average Bonchev–Trinajstić information content (AvgIpc) is 2.69. The minimum absolute atomic E-state index is 0.938. The second-order valence-corrected chi connectivity index (χ2v) is 6.02. The van der Waals surface area contributed by atoms with Gasteiger partial charge < -0.3 is 0 Å². The highest BCUT2D eigenvalue weighted by Crippen LogP contribution is 2.34. The third-order valence-electron chi connectivity index (χ3n) is 4.35. The highest BCUT2D eigenvalue weighted by molar-refractivity contribution is 5.85. The van der Waals surface area contributed by atoms with Crippen molar-refractivity contribution in [1.29, 1.82) is 0 Å². The Morgan fingerprint density at radius 2 is 1.24 bits per heavy atom. The van der Waals surface area contributed by atoms with Gasteiger partial charge in [0.1, 0.15) is 6.33 Å². The van der Waals surface area contributed by atoms with E-state index >= 15 is 0 Å². The molecule has 2 heteroatoms. The number of hydrogen-bond donors (Lipinski definition) is 0. The van der Waals surface area contributed by atoms with E-state index in [4.69, 9.17) is 0 Å². The summed E-state index contributed by atoms with van der Waals surface area (Å²) in [6.45, 7) is 2.13. The molecular weight excluding hydrogens is 304 g/mol. The first-order valence-corrected chi connectivity index (χ1v) is 8.36. The summed E-state index contributed by atoms with van der Waals surface area (Å²) >= 11 is 0. The van der Waals surface area contributed by atoms with Crippen LogP contribution < -0.4 is 0 Å². The van der Waals surface area contributed by atoms with Gasteiger partial charge in [0, 0.05) is 11.1 Å². The van der Waals surface area contributed by atoms with Crippen LogP contribution in [0.3, 0.4) is 0 Å². The van der Waals surface area contributed by atoms with Gasteiger partial charge >= 0.3 is 0 Å². The second-order valence-electron chi connectivity index (χ2n) is 6.02. The maximum absolute atomic E-state index is 4.57. The predicted octanol–water partition coefficient (Wildman–Crippen LogP) is 5.79. The summed E-state index contributed by atoms with van der Waals surface area (Å²) in [6.07, 6.45) is 1.65. The zero-order valence-electron chi connectivity index (χ0n) is 14.1. The molecule has 0 unspecified atom stereocenters. The van der Waals surface area contributed by atoms with Crippen LogP contribution in [-0.2, 0) is 0 Å². The molecule has 4 aromatic rings. The van der Waals surface area contributed by atoms with Gasteiger partial charge in [-0.3, -0.25) is 0 Å². The van der Waals surface area contributed by atoms with Crippen LogP contribution in [0.2, 0.25) is 0 Å². The zero-order valence-corrected chi connectivity index (χ0v) is 14.1. The van der Waals surface area contributed by atoms with Gasteiger partial charge in [0.05, 0.1) is 11.4 Å². The van der Waals surface area contributed by atoms with Crippen LogP contribution in [0.25, 0.3) is 33.6 Å². The first kappa shape index (κ1) is 15.3. The summed E-state index contributed by atoms with van der Waals surface area (Å²) in [4.78, 5) is 9.03. The molecule has 0 bridgehead atoms. The third kappa shape index (κ3) is 3.07. The molecule has 0 aliphatic heterocycles. The minimum atomic E-state index is 0.938. The van der Waals surface area contributed by atoms with Crippen LogP contribution in [-0.4, -0.2) is 9.97 Å². The van der Waals surface area contributed by atoms with Crippen molar-refractivity contribution in [2.24, 2.45) is 0 Å². The second kappa shape index (κ2) is 6.70. The van der Waals surface area contributed by atoms with Crippen LogP contribution in [0.5, 0.6) is 0 Å². The zero-order chi connectivity index (χ0) is 17.1. The summed E-state index contributed by atoms with van der Waals surface area (Å²) in [6, 6.07) is 29.1. The van der Waals surface area contributed by atoms with Crippen molar-refractivity contribution < 1.29 is 0 Å². The molecule has 25 heavy (non-hydrogen) atoms. The smallest absolute Gasteiger partial charge is 0.116 e. The molecule has 0 aliphatic carbocycles. The fourth-order valence-corrected chi connectivity index (χ4v) is 3.13. The van der Waals surface area contributed by atoms with Crippen LogP contribution in [0, 0.1) is 6.92 Å². The maximum Gasteiger partial charge on any atom is 0.116 e. The predicted molar refractivity (Wildman–Crippen MR) is 103 cm³/mol. The lowest BCUT2D eigenvalue weighted by atomic mass is 9.93. The highest BCUT2D eigenvalue weighted by Gasteiger charge is 2.12. The lowest BCUT2D eigenvalue weighted by molar-refractivity contribution is 1.17. The van der Waals surface area contributed by atoms with E-state index < -0.39 is 0 Å². The number of hydrogen-bond acceptors (Lipinski definition) is 2. The van der Waals surface area contributed by atoms with Crippen molar-refractivity contribution in [3.8, 4) is 33.6 Å². The topological polar surface area (TPSA) is 25.8 Å². The number of benzene rings is 3. The van der Waals surface area contributed by atoms with E-state index in [1.807, 2.05) is 24.3 Å². The molecule has 1 aromatic heterocycles. The Balaban J connectivity index is 1.89. The van der Waals surface area contributed by atoms with Gasteiger partial charge in [-0.1, -0.05) is 78.9 Å². The largest absolute Gasteiger partial charge is 0.236 e. The molecule has 1 heterocycles. The van der Waals surface area contributed by atoms with Crippen LogP contribution in [0.15, 0.2) is 91.3 Å². The molecule has 0 N–H and O–H groups in total. The molecule has 3 aromatic carbocycles. The number of aryl methyl sites for hydroxylation is 1. The van der Waals surface area contributed by atoms with Gasteiger partial charge in [-0.25, -0.2) is 9.97 Å². The molecule has 0 fully saturated rings. The van der Waals surface area contributed by atoms with Crippen molar-refractivity contribution in [1.82, 2.24) is 9.97 Å². The van der Waals surface area contributed by atoms with Crippen molar-refractivity contribution in [2.75, 3.05) is 0 Å². The van der Waals surface area contributed by atoms with E-state index in [2.05, 4.69) is 77.6 Å². The highest BCUT2D eigenvalue weighted by atomic mass is 14.8. The average molecular weight is 322 g/mol. The minimum Gasteiger partial charge on any atom is -0.236 e. The molecule has 0 aliphatic rings. The van der Waals surface area contributed by atoms with E-state index in [-0.39, 0.29) is 0 Å². The van der Waals surface area contributed by atoms with Crippen molar-refractivity contribution in [3.05, 3.63) is 96.8 Å². The Morgan fingerprint density at radius 3 is 1.96 bits per heavy atom. The van der Waals surface area contributed by atoms with Gasteiger partial charge in [0.2, 0.25) is 0 Å². The summed E-state index contributed by atoms with van der Waals surface area (Å²) in [5, 5.41) is 0. The quantitative estimate of drug-likeness (QED) is 0.477. The van der Waals surface area contributed by atoms with Crippen molar-refractivity contribution >= 4 is 0 Å². The van der Waals surface area contributed by atoms with Gasteiger partial charge in [-0.15, -0.1) is 0 Å². The van der Waals surface area contributed by atoms with E-state index in [1.54, 1.807) is 6.33 Å². The Morgan fingerprint density at radius 1 is 0.600 bits per heavy atom. The number of nitrogens with zero attached hydrogens (tertiary/aromatic N) is 2. The Labute approximate surface area is 147 Å². The first-order chi connectivity index (χ1) is 12.3. The van der Waals surface area contributed by atoms with Crippen molar-refractivity contribution in [2.45, 2.75) is 6.92 Å². The molecule has 0 amide bonds. The molecule has 0 atom stereocenters. The van der Waals surface area contributed by atoms with Crippen LogP contribution in [0.4, 0.5) is 0 Å². The van der Waals surface area contributed by atoms with Crippen molar-refractivity contribution in [3.63, 3.8) is 0 Å². The summed E-state index contributed by atoms with van der Waals surface area (Å²) in [7, 11) is 0. The van der Waals surface area contributed by atoms with Gasteiger partial charge in [-0.05, 0) is 29.7 Å². The molecular formula is C23H18N2. The standard InChI is InChI=1S/C23H18N2/c1-17-9-8-14-20(18-10-4-2-5-11-18)23(17)22-15-21(24-16-25-22)19-12-6-3-7-13-19/h2-16H,1H3. The summed E-state index contributed by atoms with van der Waals surface area (Å²) in [5.74, 6) is 0. The van der Waals surface area contributed by atoms with Crippen LogP contribution in [0.1, 0.15) is 5.56 Å². The third-order valence-corrected chi connectivity index (χ3v) is 4.35. The maximum atomic E-state index is 4.57. The molecule has 0 spiro atoms. The lowest BCUT2D eigenvalue weighted by Gasteiger charge is -2.13. The monoisotopic (exact) mass is 322 g/mol. The molecule has 4 rings (SSSR count). The fourth-order valence-electron chi connectivity index (χ4n) is 3.13. The number of aromatic nitrogens is 2. The van der Waals surface area contributed by atoms with Gasteiger partial charge in [0.15, 0.2) is 0 Å². The summed E-state index contributed by atoms with van der Waals surface area (Å²) < 4.78 is 0. The summed E-state index contributed by atoms with van der Waals surface area (Å²) in [5.41, 5.74) is 7.74. The van der Waals surface area contributed by atoms with E-state index in [1.165, 1.54) is 16.7 Å². The molecule has 0 saturated carbocycles. The number of rotatable bonds is 3. The molecule has 0 saturated heterocycles. The van der Waals surface area contributed by atoms with Gasteiger partial charge in [-0.2, -0.15) is 0 Å². The first-order valence-electron chi connectivity index (χ1n) is 8.36. The van der Waals surface area contributed by atoms with Crippen LogP contribution >= 0.6 is 0 Å². The normalized spacial score (nSPS) is 10.6. The SMILES string of the molecule is Cc1cccc(-c2ccccc2)c1-c1cc(-c2ccccc2)ncn1. The Bertz CT molecular complexity index is 993. The molecule has 0 radical (unpaired) electrons. The van der Waals surface area contributed by atoms with E-state index in [0.29, 0.717) is 0 Å². The molecule has 2 nitrogen and oxygen atoms in total. The fraction of sp³-hybridized carbons (Fsp3) is 0.0435. The van der Waals surface area contributed by atoms with E-state index in [0.717, 1.165) is 22.5 Å². The van der Waals surface area contributed by atoms with E-state index in [9.17, 15) is 0 Å². The Hall–Kier alpha value is -3.26.